The van der Waals surface area contributed by atoms with Crippen molar-refractivity contribution >= 4 is 29.6 Å². The van der Waals surface area contributed by atoms with Crippen LogP contribution in [0.5, 0.6) is 0 Å². The molecular weight excluding hydrogens is 358 g/mol. The molecule has 11 nitrogen and oxygen atoms in total. The maximum Gasteiger partial charge on any atom is 0.326 e. The Morgan fingerprint density at radius 1 is 0.852 bits per heavy atom. The first-order valence-corrected chi connectivity index (χ1v) is 8.52. The van der Waals surface area contributed by atoms with Crippen LogP contribution in [0.25, 0.3) is 0 Å². The van der Waals surface area contributed by atoms with Crippen LogP contribution in [0.4, 0.5) is 0 Å². The highest BCUT2D eigenvalue weighted by Gasteiger charge is 2.28. The smallest absolute Gasteiger partial charge is 0.326 e. The van der Waals surface area contributed by atoms with Gasteiger partial charge in [0.15, 0.2) is 0 Å². The highest BCUT2D eigenvalue weighted by Crippen LogP contribution is 2.06. The quantitative estimate of drug-likeness (QED) is 0.232. The molecule has 0 aromatic heterocycles. The lowest BCUT2D eigenvalue weighted by Crippen LogP contribution is -2.56. The number of carbonyl (C=O) groups excluding carboxylic acids is 4. The summed E-state index contributed by atoms with van der Waals surface area (Å²) in [5.74, 6) is -4.18. The summed E-state index contributed by atoms with van der Waals surface area (Å²) < 4.78 is 0. The first-order chi connectivity index (χ1) is 12.3. The molecule has 0 bridgehead atoms. The van der Waals surface area contributed by atoms with E-state index in [2.05, 4.69) is 16.0 Å². The Bertz CT molecular complexity index is 578. The minimum atomic E-state index is -1.50. The molecule has 0 radical (unpaired) electrons. The molecule has 11 heteroatoms. The first-order valence-electron chi connectivity index (χ1n) is 8.52. The topological polar surface area (TPSA) is 194 Å². The van der Waals surface area contributed by atoms with E-state index in [0.717, 1.165) is 0 Å². The van der Waals surface area contributed by atoms with E-state index in [1.807, 2.05) is 13.8 Å². The molecule has 0 heterocycles. The van der Waals surface area contributed by atoms with Crippen molar-refractivity contribution in [3.8, 4) is 0 Å². The van der Waals surface area contributed by atoms with Crippen molar-refractivity contribution in [1.82, 2.24) is 16.0 Å². The second-order valence-electron chi connectivity index (χ2n) is 6.78. The van der Waals surface area contributed by atoms with Gasteiger partial charge in [0.25, 0.3) is 0 Å². The molecule has 154 valence electrons. The second-order valence-corrected chi connectivity index (χ2v) is 6.78. The van der Waals surface area contributed by atoms with E-state index in [-0.39, 0.29) is 5.92 Å². The van der Waals surface area contributed by atoms with Crippen LogP contribution in [-0.4, -0.2) is 58.9 Å². The summed E-state index contributed by atoms with van der Waals surface area (Å²) in [6.45, 7) is 6.53. The van der Waals surface area contributed by atoms with E-state index >= 15 is 0 Å². The third kappa shape index (κ3) is 9.54. The third-order valence-electron chi connectivity index (χ3n) is 3.53. The van der Waals surface area contributed by atoms with Gasteiger partial charge in [-0.3, -0.25) is 19.2 Å². The Morgan fingerprint density at radius 2 is 1.37 bits per heavy atom. The summed E-state index contributed by atoms with van der Waals surface area (Å²) in [5.41, 5.74) is 10.4. The predicted molar refractivity (Wildman–Crippen MR) is 96.0 cm³/mol. The van der Waals surface area contributed by atoms with E-state index in [4.69, 9.17) is 16.6 Å². The first kappa shape index (κ1) is 24.3. The van der Waals surface area contributed by atoms with E-state index < -0.39 is 60.2 Å². The minimum absolute atomic E-state index is 0.0743. The summed E-state index contributed by atoms with van der Waals surface area (Å²) in [7, 11) is 0. The van der Waals surface area contributed by atoms with Crippen molar-refractivity contribution in [3.05, 3.63) is 0 Å². The molecule has 0 fully saturated rings. The lowest BCUT2D eigenvalue weighted by molar-refractivity contribution is -0.143. The Kier molecular flexibility index (Phi) is 10.0. The molecule has 0 aliphatic carbocycles. The molecule has 0 aliphatic heterocycles. The van der Waals surface area contributed by atoms with Crippen molar-refractivity contribution in [2.24, 2.45) is 17.4 Å². The van der Waals surface area contributed by atoms with Crippen LogP contribution in [0.1, 0.15) is 40.5 Å². The van der Waals surface area contributed by atoms with E-state index in [9.17, 15) is 24.0 Å². The number of carbonyl (C=O) groups is 5. The summed E-state index contributed by atoms with van der Waals surface area (Å²) in [6.07, 6.45) is -0.264. The Labute approximate surface area is 157 Å². The molecule has 0 aromatic rings. The van der Waals surface area contributed by atoms with E-state index in [1.54, 1.807) is 0 Å². The Hall–Kier alpha value is -2.69. The molecule has 0 spiro atoms. The molecule has 4 unspecified atom stereocenters. The molecule has 0 rings (SSSR count). The number of hydrogen-bond acceptors (Lipinski definition) is 6. The normalized spacial score (nSPS) is 15.2. The maximum atomic E-state index is 12.4. The molecule has 4 amide bonds. The molecule has 8 N–H and O–H groups in total. The van der Waals surface area contributed by atoms with Gasteiger partial charge in [-0.1, -0.05) is 13.8 Å². The molecule has 4 atom stereocenters. The van der Waals surface area contributed by atoms with Gasteiger partial charge in [0, 0.05) is 0 Å². The van der Waals surface area contributed by atoms with Crippen LogP contribution in [0.3, 0.4) is 0 Å². The van der Waals surface area contributed by atoms with Gasteiger partial charge in [0.2, 0.25) is 23.6 Å². The molecule has 27 heavy (non-hydrogen) atoms. The predicted octanol–water partition coefficient (Wildman–Crippen LogP) is -2.19. The van der Waals surface area contributed by atoms with Gasteiger partial charge in [0.05, 0.1) is 12.5 Å². The minimum Gasteiger partial charge on any atom is -0.480 e. The Balaban J connectivity index is 4.98. The molecule has 0 saturated heterocycles. The van der Waals surface area contributed by atoms with Crippen LogP contribution in [0, 0.1) is 5.92 Å². The van der Waals surface area contributed by atoms with Gasteiger partial charge in [-0.15, -0.1) is 0 Å². The second kappa shape index (κ2) is 11.1. The monoisotopic (exact) mass is 387 g/mol. The van der Waals surface area contributed by atoms with Crippen molar-refractivity contribution in [2.45, 2.75) is 64.7 Å². The Morgan fingerprint density at radius 3 is 1.78 bits per heavy atom. The molecule has 0 aliphatic rings. The number of hydrogen-bond donors (Lipinski definition) is 6. The zero-order valence-corrected chi connectivity index (χ0v) is 15.9. The zero-order valence-electron chi connectivity index (χ0n) is 15.9. The fourth-order valence-corrected chi connectivity index (χ4v) is 2.08. The maximum absolute atomic E-state index is 12.4. The van der Waals surface area contributed by atoms with E-state index in [1.165, 1.54) is 13.8 Å². The number of nitrogens with two attached hydrogens (primary N) is 2. The average Bonchev–Trinajstić information content (AvgIpc) is 2.51. The lowest BCUT2D eigenvalue weighted by atomic mass is 10.0. The number of amides is 4. The van der Waals surface area contributed by atoms with Crippen molar-refractivity contribution < 1.29 is 29.1 Å². The third-order valence-corrected chi connectivity index (χ3v) is 3.53. The molecular formula is C16H29N5O6. The van der Waals surface area contributed by atoms with Crippen LogP contribution in [0.2, 0.25) is 0 Å². The van der Waals surface area contributed by atoms with Crippen LogP contribution >= 0.6 is 0 Å². The largest absolute Gasteiger partial charge is 0.480 e. The van der Waals surface area contributed by atoms with Gasteiger partial charge in [-0.2, -0.15) is 0 Å². The summed E-state index contributed by atoms with van der Waals surface area (Å²) in [5, 5.41) is 16.1. The van der Waals surface area contributed by atoms with Crippen molar-refractivity contribution in [2.75, 3.05) is 0 Å². The standard InChI is InChI=1S/C16H29N5O6/c1-7(2)5-10(20-13(23)8(3)17)15(25)19-9(4)14(24)21-11(16(26)27)6-12(18)22/h7-11H,5-6,17H2,1-4H3,(H2,18,22)(H,19,25)(H,20,23)(H,21,24)(H,26,27). The van der Waals surface area contributed by atoms with Gasteiger partial charge in [0.1, 0.15) is 18.1 Å². The van der Waals surface area contributed by atoms with Gasteiger partial charge in [-0.05, 0) is 26.2 Å². The highest BCUT2D eigenvalue weighted by atomic mass is 16.4. The summed E-state index contributed by atoms with van der Waals surface area (Å²) >= 11 is 0. The number of carboxylic acid groups (broad SMARTS) is 1. The number of aliphatic carboxylic acids is 1. The summed E-state index contributed by atoms with van der Waals surface area (Å²) in [4.78, 5) is 58.2. The van der Waals surface area contributed by atoms with Crippen LogP contribution in [0.15, 0.2) is 0 Å². The van der Waals surface area contributed by atoms with Gasteiger partial charge < -0.3 is 32.5 Å². The summed E-state index contributed by atoms with van der Waals surface area (Å²) in [6, 6.07) is -4.31. The van der Waals surface area contributed by atoms with Gasteiger partial charge in [-0.25, -0.2) is 4.79 Å². The zero-order chi connectivity index (χ0) is 21.3. The molecule has 0 aromatic carbocycles. The van der Waals surface area contributed by atoms with Crippen molar-refractivity contribution in [1.29, 1.82) is 0 Å². The fourth-order valence-electron chi connectivity index (χ4n) is 2.08. The SMILES string of the molecule is CC(C)CC(NC(=O)C(C)N)C(=O)NC(C)C(=O)NC(CC(N)=O)C(=O)O. The van der Waals surface area contributed by atoms with Crippen molar-refractivity contribution in [3.63, 3.8) is 0 Å². The number of carboxylic acids is 1. The van der Waals surface area contributed by atoms with Crippen LogP contribution in [-0.2, 0) is 24.0 Å². The average molecular weight is 387 g/mol. The highest BCUT2D eigenvalue weighted by molar-refractivity contribution is 5.94. The number of rotatable bonds is 11. The fraction of sp³-hybridized carbons (Fsp3) is 0.688. The number of nitrogens with one attached hydrogen (secondary N) is 3. The number of primary amides is 1. The van der Waals surface area contributed by atoms with Gasteiger partial charge >= 0.3 is 5.97 Å². The lowest BCUT2D eigenvalue weighted by Gasteiger charge is -2.24. The molecule has 0 saturated carbocycles. The van der Waals surface area contributed by atoms with Crippen LogP contribution < -0.4 is 27.4 Å². The van der Waals surface area contributed by atoms with E-state index in [0.29, 0.717) is 6.42 Å².